The van der Waals surface area contributed by atoms with Gasteiger partial charge in [0, 0.05) is 6.42 Å². The first-order valence-electron chi connectivity index (χ1n) is 6.63. The fraction of sp³-hybridized carbons (Fsp3) is 0.467. The minimum absolute atomic E-state index is 0.115. The molecule has 0 aliphatic rings. The molecule has 0 saturated carbocycles. The highest BCUT2D eigenvalue weighted by Crippen LogP contribution is 2.31. The van der Waals surface area contributed by atoms with Crippen LogP contribution in [0.25, 0.3) is 0 Å². The monoisotopic (exact) mass is 295 g/mol. The average molecular weight is 295 g/mol. The van der Waals surface area contributed by atoms with Crippen molar-refractivity contribution >= 4 is 10.0 Å². The zero-order valence-electron chi connectivity index (χ0n) is 11.9. The van der Waals surface area contributed by atoms with Gasteiger partial charge in [-0.2, -0.15) is 0 Å². The van der Waals surface area contributed by atoms with Crippen molar-refractivity contribution < 1.29 is 13.2 Å². The van der Waals surface area contributed by atoms with Gasteiger partial charge < -0.3 is 4.74 Å². The molecular weight excluding hydrogens is 274 g/mol. The first-order valence-corrected chi connectivity index (χ1v) is 8.17. The molecule has 0 bridgehead atoms. The van der Waals surface area contributed by atoms with Crippen LogP contribution in [0.5, 0.6) is 5.75 Å². The molecule has 0 spiro atoms. The lowest BCUT2D eigenvalue weighted by molar-refractivity contribution is 0.307. The van der Waals surface area contributed by atoms with Gasteiger partial charge in [0.1, 0.15) is 5.75 Å². The molecule has 1 unspecified atom stereocenters. The molecule has 20 heavy (non-hydrogen) atoms. The summed E-state index contributed by atoms with van der Waals surface area (Å²) in [5, 5.41) is 5.17. The second-order valence-corrected chi connectivity index (χ2v) is 6.27. The Balaban J connectivity index is 3.02. The van der Waals surface area contributed by atoms with Gasteiger partial charge in [-0.1, -0.05) is 13.8 Å². The molecule has 0 radical (unpaired) electrons. The smallest absolute Gasteiger partial charge is 0.238 e. The largest absolute Gasteiger partial charge is 0.493 e. The number of hydrogen-bond donors (Lipinski definition) is 1. The van der Waals surface area contributed by atoms with Crippen LogP contribution in [-0.4, -0.2) is 15.0 Å². The van der Waals surface area contributed by atoms with Crippen LogP contribution >= 0.6 is 0 Å². The van der Waals surface area contributed by atoms with Gasteiger partial charge in [-0.15, -0.1) is 12.3 Å². The molecule has 5 heteroatoms. The third kappa shape index (κ3) is 4.55. The molecule has 0 saturated heterocycles. The average Bonchev–Trinajstić information content (AvgIpc) is 2.41. The number of sulfonamides is 1. The van der Waals surface area contributed by atoms with Crippen LogP contribution in [0.1, 0.15) is 44.6 Å². The molecule has 0 aromatic heterocycles. The predicted molar refractivity (Wildman–Crippen MR) is 80.1 cm³/mol. The second-order valence-electron chi connectivity index (χ2n) is 4.71. The van der Waals surface area contributed by atoms with Crippen LogP contribution < -0.4 is 9.88 Å². The lowest BCUT2D eigenvalue weighted by atomic mass is 9.98. The lowest BCUT2D eigenvalue weighted by Crippen LogP contribution is -2.13. The number of terminal acetylenes is 1. The quantitative estimate of drug-likeness (QED) is 0.621. The van der Waals surface area contributed by atoms with Gasteiger partial charge in [0.2, 0.25) is 10.0 Å². The van der Waals surface area contributed by atoms with E-state index in [0.29, 0.717) is 18.8 Å². The molecule has 0 aliphatic carbocycles. The third-order valence-corrected chi connectivity index (χ3v) is 4.09. The lowest BCUT2D eigenvalue weighted by Gasteiger charge is -2.16. The number of nitrogens with two attached hydrogens (primary N) is 1. The number of hydrogen-bond acceptors (Lipinski definition) is 3. The Morgan fingerprint density at radius 3 is 2.70 bits per heavy atom. The summed E-state index contributed by atoms with van der Waals surface area (Å²) in [5.74, 6) is 3.45. The summed E-state index contributed by atoms with van der Waals surface area (Å²) in [4.78, 5) is 0.115. The van der Waals surface area contributed by atoms with Gasteiger partial charge in [0.15, 0.2) is 0 Å². The molecule has 1 atom stereocenters. The minimum atomic E-state index is -3.70. The maximum absolute atomic E-state index is 11.4. The Bertz CT molecular complexity index is 588. The highest BCUT2D eigenvalue weighted by Gasteiger charge is 2.15. The van der Waals surface area contributed by atoms with Gasteiger partial charge in [-0.05, 0) is 42.5 Å². The normalized spacial score (nSPS) is 12.7. The molecular formula is C15H21NO3S. The summed E-state index contributed by atoms with van der Waals surface area (Å²) >= 11 is 0. The standard InChI is InChI=1S/C15H21NO3S/c1-4-6-7-10-19-15-9-8-13(20(16,17)18)11-14(15)12(3)5-2/h1,8-9,11-12H,5-7,10H2,2-3H3,(H2,16,17,18). The van der Waals surface area contributed by atoms with Gasteiger partial charge in [-0.3, -0.25) is 0 Å². The molecule has 2 N–H and O–H groups in total. The summed E-state index contributed by atoms with van der Waals surface area (Å²) < 4.78 is 28.5. The Morgan fingerprint density at radius 1 is 1.45 bits per heavy atom. The van der Waals surface area contributed by atoms with Crippen LogP contribution in [0.2, 0.25) is 0 Å². The van der Waals surface area contributed by atoms with E-state index in [1.54, 1.807) is 12.1 Å². The third-order valence-electron chi connectivity index (χ3n) is 3.18. The van der Waals surface area contributed by atoms with E-state index >= 15 is 0 Å². The van der Waals surface area contributed by atoms with Gasteiger partial charge in [-0.25, -0.2) is 13.6 Å². The number of ether oxygens (including phenoxy) is 1. The van der Waals surface area contributed by atoms with E-state index in [9.17, 15) is 8.42 Å². The van der Waals surface area contributed by atoms with E-state index in [0.717, 1.165) is 18.4 Å². The van der Waals surface area contributed by atoms with Crippen molar-refractivity contribution in [3.05, 3.63) is 23.8 Å². The number of benzene rings is 1. The van der Waals surface area contributed by atoms with E-state index < -0.39 is 10.0 Å². The second kappa shape index (κ2) is 7.32. The SMILES string of the molecule is C#CCCCOc1ccc(S(N)(=O)=O)cc1C(C)CC. The first kappa shape index (κ1) is 16.5. The molecule has 0 heterocycles. The van der Waals surface area contributed by atoms with Crippen molar-refractivity contribution in [1.29, 1.82) is 0 Å². The van der Waals surface area contributed by atoms with Crippen molar-refractivity contribution in [1.82, 2.24) is 0 Å². The first-order chi connectivity index (χ1) is 9.40. The molecule has 110 valence electrons. The zero-order chi connectivity index (χ0) is 15.2. The molecule has 1 rings (SSSR count). The van der Waals surface area contributed by atoms with Crippen molar-refractivity contribution in [2.45, 2.75) is 43.9 Å². The highest BCUT2D eigenvalue weighted by atomic mass is 32.2. The van der Waals surface area contributed by atoms with E-state index in [1.807, 2.05) is 13.8 Å². The Hall–Kier alpha value is -1.51. The highest BCUT2D eigenvalue weighted by molar-refractivity contribution is 7.89. The number of rotatable bonds is 7. The van der Waals surface area contributed by atoms with Crippen LogP contribution in [-0.2, 0) is 10.0 Å². The van der Waals surface area contributed by atoms with E-state index in [2.05, 4.69) is 5.92 Å². The number of unbranched alkanes of at least 4 members (excludes halogenated alkanes) is 1. The van der Waals surface area contributed by atoms with Crippen molar-refractivity contribution in [2.75, 3.05) is 6.61 Å². The van der Waals surface area contributed by atoms with Crippen LogP contribution in [0.4, 0.5) is 0 Å². The topological polar surface area (TPSA) is 69.4 Å². The minimum Gasteiger partial charge on any atom is -0.493 e. The predicted octanol–water partition coefficient (Wildman–Crippen LogP) is 2.64. The van der Waals surface area contributed by atoms with Crippen molar-refractivity contribution in [3.8, 4) is 18.1 Å². The number of primary sulfonamides is 1. The van der Waals surface area contributed by atoms with E-state index in [4.69, 9.17) is 16.3 Å². The molecule has 4 nitrogen and oxygen atoms in total. The Labute approximate surface area is 121 Å². The summed E-state index contributed by atoms with van der Waals surface area (Å²) in [6.45, 7) is 4.58. The van der Waals surface area contributed by atoms with E-state index in [1.165, 1.54) is 6.07 Å². The molecule has 0 aliphatic heterocycles. The fourth-order valence-electron chi connectivity index (χ4n) is 1.80. The van der Waals surface area contributed by atoms with E-state index in [-0.39, 0.29) is 10.8 Å². The maximum atomic E-state index is 11.4. The molecule has 0 fully saturated rings. The van der Waals surface area contributed by atoms with Crippen LogP contribution in [0.3, 0.4) is 0 Å². The Morgan fingerprint density at radius 2 is 2.15 bits per heavy atom. The van der Waals surface area contributed by atoms with Gasteiger partial charge in [0.05, 0.1) is 11.5 Å². The molecule has 0 amide bonds. The zero-order valence-corrected chi connectivity index (χ0v) is 12.7. The Kier molecular flexibility index (Phi) is 6.05. The fourth-order valence-corrected chi connectivity index (χ4v) is 2.35. The van der Waals surface area contributed by atoms with Crippen LogP contribution in [0, 0.1) is 12.3 Å². The molecule has 1 aromatic rings. The maximum Gasteiger partial charge on any atom is 0.238 e. The van der Waals surface area contributed by atoms with Gasteiger partial charge >= 0.3 is 0 Å². The summed E-state index contributed by atoms with van der Waals surface area (Å²) in [6.07, 6.45) is 7.50. The molecule has 1 aromatic carbocycles. The van der Waals surface area contributed by atoms with Gasteiger partial charge in [0.25, 0.3) is 0 Å². The van der Waals surface area contributed by atoms with Crippen molar-refractivity contribution in [2.24, 2.45) is 5.14 Å². The van der Waals surface area contributed by atoms with Crippen molar-refractivity contribution in [3.63, 3.8) is 0 Å². The van der Waals surface area contributed by atoms with Crippen LogP contribution in [0.15, 0.2) is 23.1 Å². The summed E-state index contributed by atoms with van der Waals surface area (Å²) in [6, 6.07) is 4.73. The summed E-state index contributed by atoms with van der Waals surface area (Å²) in [7, 11) is -3.70. The summed E-state index contributed by atoms with van der Waals surface area (Å²) in [5.41, 5.74) is 0.861.